The van der Waals surface area contributed by atoms with Crippen LogP contribution in [0.15, 0.2) is 59.4 Å². The average Bonchev–Trinajstić information content (AvgIpc) is 3.40. The summed E-state index contributed by atoms with van der Waals surface area (Å²) in [6, 6.07) is 11.5. The van der Waals surface area contributed by atoms with Crippen LogP contribution in [0.3, 0.4) is 0 Å². The zero-order valence-corrected chi connectivity index (χ0v) is 17.1. The second kappa shape index (κ2) is 8.29. The van der Waals surface area contributed by atoms with Crippen molar-refractivity contribution in [1.29, 1.82) is 0 Å². The molecule has 3 aromatic heterocycles. The highest BCUT2D eigenvalue weighted by atomic mass is 19.4. The van der Waals surface area contributed by atoms with E-state index in [4.69, 9.17) is 4.52 Å². The van der Waals surface area contributed by atoms with Gasteiger partial charge in [0.15, 0.2) is 5.82 Å². The Hall–Kier alpha value is -3.95. The number of aromatic nitrogens is 4. The summed E-state index contributed by atoms with van der Waals surface area (Å²) >= 11 is 0. The number of carbonyl (C=O) groups is 1. The maximum Gasteiger partial charge on any atom is 0.417 e. The molecule has 1 N–H and O–H groups in total. The molecule has 1 amide bonds. The molecule has 10 heteroatoms. The first-order valence-corrected chi connectivity index (χ1v) is 9.72. The van der Waals surface area contributed by atoms with Crippen molar-refractivity contribution in [2.45, 2.75) is 26.4 Å². The molecule has 0 saturated carbocycles. The number of hydrogen-bond donors (Lipinski definition) is 1. The Balaban J connectivity index is 1.50. The minimum Gasteiger partial charge on any atom is -0.338 e. The van der Waals surface area contributed by atoms with Crippen LogP contribution < -0.4 is 5.32 Å². The van der Waals surface area contributed by atoms with Gasteiger partial charge in [-0.15, -0.1) is 0 Å². The summed E-state index contributed by atoms with van der Waals surface area (Å²) in [5.74, 6) is -0.180. The van der Waals surface area contributed by atoms with Gasteiger partial charge in [-0.05, 0) is 31.0 Å². The van der Waals surface area contributed by atoms with E-state index < -0.39 is 17.6 Å². The molecule has 0 aliphatic rings. The first-order chi connectivity index (χ1) is 15.3. The largest absolute Gasteiger partial charge is 0.417 e. The molecule has 0 fully saturated rings. The van der Waals surface area contributed by atoms with Gasteiger partial charge in [-0.1, -0.05) is 36.3 Å². The van der Waals surface area contributed by atoms with Gasteiger partial charge < -0.3 is 4.52 Å². The van der Waals surface area contributed by atoms with Crippen molar-refractivity contribution >= 4 is 11.8 Å². The number of nitrogens with zero attached hydrogens (tertiary/aromatic N) is 4. The maximum absolute atomic E-state index is 12.7. The summed E-state index contributed by atoms with van der Waals surface area (Å²) in [5.41, 5.74) is 2.38. The third-order valence-electron chi connectivity index (χ3n) is 4.95. The number of carbonyl (C=O) groups excluding carboxylic acids is 1. The molecular formula is C22H18F3N5O2. The summed E-state index contributed by atoms with van der Waals surface area (Å²) < 4.78 is 44.7. The van der Waals surface area contributed by atoms with Crippen LogP contribution in [0.25, 0.3) is 17.1 Å². The van der Waals surface area contributed by atoms with Crippen LogP contribution in [-0.4, -0.2) is 25.8 Å². The van der Waals surface area contributed by atoms with E-state index in [2.05, 4.69) is 27.5 Å². The van der Waals surface area contributed by atoms with Gasteiger partial charge >= 0.3 is 6.18 Å². The summed E-state index contributed by atoms with van der Waals surface area (Å²) in [6.07, 6.45) is -1.52. The second-order valence-electron chi connectivity index (χ2n) is 7.04. The van der Waals surface area contributed by atoms with Crippen LogP contribution in [-0.2, 0) is 12.6 Å². The van der Waals surface area contributed by atoms with E-state index in [9.17, 15) is 18.0 Å². The molecule has 7 nitrogen and oxygen atoms in total. The highest BCUT2D eigenvalue weighted by Crippen LogP contribution is 2.29. The number of pyridine rings is 1. The van der Waals surface area contributed by atoms with Crippen LogP contribution >= 0.6 is 0 Å². The maximum atomic E-state index is 12.7. The fourth-order valence-electron chi connectivity index (χ4n) is 3.10. The van der Waals surface area contributed by atoms with Crippen LogP contribution in [0.1, 0.15) is 34.1 Å². The molecule has 0 atom stereocenters. The lowest BCUT2D eigenvalue weighted by molar-refractivity contribution is -0.137. The van der Waals surface area contributed by atoms with Crippen molar-refractivity contribution in [3.8, 4) is 17.1 Å². The standard InChI is InChI=1S/C22H18F3N5O2/c1-3-14-4-6-15(7-5-14)18-10-20(32-29-18)28-21(31)17-12-27-30(13(17)2)19-9-8-16(11-26-19)22(23,24)25/h4-12H,3H2,1-2H3,(H,28,31). The minimum atomic E-state index is -4.48. The van der Waals surface area contributed by atoms with Crippen molar-refractivity contribution in [2.75, 3.05) is 5.32 Å². The normalized spacial score (nSPS) is 11.5. The molecule has 1 aromatic carbocycles. The second-order valence-corrected chi connectivity index (χ2v) is 7.04. The predicted octanol–water partition coefficient (Wildman–Crippen LogP) is 5.06. The average molecular weight is 441 g/mol. The van der Waals surface area contributed by atoms with E-state index in [0.717, 1.165) is 24.2 Å². The SMILES string of the molecule is CCc1ccc(-c2cc(NC(=O)c3cnn(-c4ccc(C(F)(F)F)cn4)c3C)on2)cc1. The van der Waals surface area contributed by atoms with Crippen LogP contribution in [0.5, 0.6) is 0 Å². The molecule has 0 aliphatic carbocycles. The molecule has 0 radical (unpaired) electrons. The van der Waals surface area contributed by atoms with E-state index in [1.54, 1.807) is 13.0 Å². The lowest BCUT2D eigenvalue weighted by atomic mass is 10.1. The van der Waals surface area contributed by atoms with Gasteiger partial charge in [0, 0.05) is 17.8 Å². The molecule has 4 rings (SSSR count). The van der Waals surface area contributed by atoms with Crippen molar-refractivity contribution in [2.24, 2.45) is 0 Å². The van der Waals surface area contributed by atoms with Crippen LogP contribution in [0.4, 0.5) is 19.1 Å². The van der Waals surface area contributed by atoms with E-state index in [1.807, 2.05) is 24.3 Å². The first kappa shape index (κ1) is 21.3. The molecule has 0 bridgehead atoms. The lowest BCUT2D eigenvalue weighted by Gasteiger charge is -2.08. The summed E-state index contributed by atoms with van der Waals surface area (Å²) in [7, 11) is 0. The summed E-state index contributed by atoms with van der Waals surface area (Å²) in [5, 5.41) is 10.7. The molecule has 3 heterocycles. The number of halogens is 3. The fraction of sp³-hybridized carbons (Fsp3) is 0.182. The Labute approximate surface area is 180 Å². The van der Waals surface area contributed by atoms with Crippen LogP contribution in [0.2, 0.25) is 0 Å². The number of amides is 1. The van der Waals surface area contributed by atoms with Gasteiger partial charge in [0.25, 0.3) is 5.91 Å². The quantitative estimate of drug-likeness (QED) is 0.468. The zero-order valence-electron chi connectivity index (χ0n) is 17.1. The van der Waals surface area contributed by atoms with E-state index >= 15 is 0 Å². The van der Waals surface area contributed by atoms with Crippen molar-refractivity contribution in [3.63, 3.8) is 0 Å². The highest BCUT2D eigenvalue weighted by Gasteiger charge is 2.31. The smallest absolute Gasteiger partial charge is 0.338 e. The Kier molecular flexibility index (Phi) is 5.52. The molecule has 0 unspecified atom stereocenters. The van der Waals surface area contributed by atoms with Crippen molar-refractivity contribution < 1.29 is 22.5 Å². The van der Waals surface area contributed by atoms with E-state index in [1.165, 1.54) is 22.5 Å². The number of rotatable bonds is 5. The molecule has 32 heavy (non-hydrogen) atoms. The number of benzene rings is 1. The van der Waals surface area contributed by atoms with Crippen LogP contribution in [0, 0.1) is 6.92 Å². The number of alkyl halides is 3. The van der Waals surface area contributed by atoms with Gasteiger partial charge in [-0.2, -0.15) is 18.3 Å². The van der Waals surface area contributed by atoms with E-state index in [0.29, 0.717) is 11.4 Å². The van der Waals surface area contributed by atoms with Crippen molar-refractivity contribution in [1.82, 2.24) is 19.9 Å². The molecule has 0 saturated heterocycles. The lowest BCUT2D eigenvalue weighted by Crippen LogP contribution is -2.13. The Morgan fingerprint density at radius 2 is 1.88 bits per heavy atom. The monoisotopic (exact) mass is 441 g/mol. The van der Waals surface area contributed by atoms with Gasteiger partial charge in [-0.3, -0.25) is 10.1 Å². The fourth-order valence-corrected chi connectivity index (χ4v) is 3.10. The highest BCUT2D eigenvalue weighted by molar-refractivity contribution is 6.04. The van der Waals surface area contributed by atoms with Gasteiger partial charge in [0.05, 0.1) is 23.0 Å². The predicted molar refractivity (Wildman–Crippen MR) is 110 cm³/mol. The first-order valence-electron chi connectivity index (χ1n) is 9.72. The topological polar surface area (TPSA) is 85.8 Å². The number of anilines is 1. The summed E-state index contributed by atoms with van der Waals surface area (Å²) in [6.45, 7) is 3.68. The molecule has 164 valence electrons. The third kappa shape index (κ3) is 4.25. The van der Waals surface area contributed by atoms with Gasteiger partial charge in [0.2, 0.25) is 5.88 Å². The van der Waals surface area contributed by atoms with Gasteiger partial charge in [-0.25, -0.2) is 9.67 Å². The number of hydrogen-bond acceptors (Lipinski definition) is 5. The molecule has 0 aliphatic heterocycles. The Morgan fingerprint density at radius 1 is 1.12 bits per heavy atom. The summed E-state index contributed by atoms with van der Waals surface area (Å²) in [4.78, 5) is 16.5. The molecule has 4 aromatic rings. The van der Waals surface area contributed by atoms with E-state index in [-0.39, 0.29) is 17.3 Å². The minimum absolute atomic E-state index is 0.157. The van der Waals surface area contributed by atoms with Crippen molar-refractivity contribution in [3.05, 3.63) is 77.2 Å². The molecular weight excluding hydrogens is 423 g/mol. The Morgan fingerprint density at radius 3 is 2.50 bits per heavy atom. The number of aryl methyl sites for hydroxylation is 1. The Bertz CT molecular complexity index is 1240. The zero-order chi connectivity index (χ0) is 22.9. The molecule has 0 spiro atoms. The third-order valence-corrected chi connectivity index (χ3v) is 4.95. The number of nitrogens with one attached hydrogen (secondary N) is 1. The van der Waals surface area contributed by atoms with Gasteiger partial charge in [0.1, 0.15) is 5.69 Å².